The van der Waals surface area contributed by atoms with E-state index in [0.717, 1.165) is 22.6 Å². The number of nitrogens with two attached hydrogens (primary N) is 1. The maximum absolute atomic E-state index is 12.4. The van der Waals surface area contributed by atoms with Crippen molar-refractivity contribution in [2.75, 3.05) is 7.11 Å². The van der Waals surface area contributed by atoms with Crippen LogP contribution in [0.1, 0.15) is 18.1 Å². The van der Waals surface area contributed by atoms with Gasteiger partial charge in [-0.2, -0.15) is 0 Å². The van der Waals surface area contributed by atoms with E-state index in [4.69, 9.17) is 22.7 Å². The van der Waals surface area contributed by atoms with Gasteiger partial charge in [-0.3, -0.25) is 4.79 Å². The van der Waals surface area contributed by atoms with Crippen molar-refractivity contribution >= 4 is 17.2 Å². The first-order valence-electron chi connectivity index (χ1n) is 6.68. The second kappa shape index (κ2) is 6.10. The molecule has 5 heteroatoms. The van der Waals surface area contributed by atoms with Crippen LogP contribution in [0.25, 0.3) is 11.3 Å². The molecule has 1 aromatic carbocycles. The number of thiocarbonyl (C=S) groups is 1. The molecule has 0 aliphatic heterocycles. The summed E-state index contributed by atoms with van der Waals surface area (Å²) in [5.74, 6) is 0.823. The molecule has 4 nitrogen and oxygen atoms in total. The first-order valence-corrected chi connectivity index (χ1v) is 7.09. The number of pyridine rings is 1. The van der Waals surface area contributed by atoms with E-state index < -0.39 is 0 Å². The number of methoxy groups -OCH3 is 1. The molecule has 0 saturated heterocycles. The highest BCUT2D eigenvalue weighted by Crippen LogP contribution is 2.25. The Bertz CT molecular complexity index is 750. The van der Waals surface area contributed by atoms with Gasteiger partial charge in [0.25, 0.3) is 5.56 Å². The quantitative estimate of drug-likeness (QED) is 0.882. The third-order valence-corrected chi connectivity index (χ3v) is 3.67. The van der Waals surface area contributed by atoms with Gasteiger partial charge in [0.1, 0.15) is 10.7 Å². The van der Waals surface area contributed by atoms with E-state index in [9.17, 15) is 4.79 Å². The molecular formula is C16H18N2O2S. The second-order valence-electron chi connectivity index (χ2n) is 4.73. The molecule has 0 radical (unpaired) electrons. The van der Waals surface area contributed by atoms with Crippen molar-refractivity contribution in [3.63, 3.8) is 0 Å². The molecule has 2 aromatic rings. The molecule has 2 N–H and O–H groups in total. The zero-order chi connectivity index (χ0) is 15.6. The predicted octanol–water partition coefficient (Wildman–Crippen LogP) is 2.49. The van der Waals surface area contributed by atoms with Crippen molar-refractivity contribution in [3.05, 3.63) is 51.8 Å². The molecule has 0 aliphatic rings. The van der Waals surface area contributed by atoms with Crippen LogP contribution in [-0.4, -0.2) is 16.7 Å². The van der Waals surface area contributed by atoms with Gasteiger partial charge in [-0.1, -0.05) is 12.2 Å². The largest absolute Gasteiger partial charge is 0.496 e. The molecule has 110 valence electrons. The Hall–Kier alpha value is -2.14. The standard InChI is InChI=1S/C16H18N2O2S/c1-4-18-13(7-6-12(15(17)21)16(18)19)11-5-8-14(20-3)10(2)9-11/h5-9H,4H2,1-3H3,(H2,17,21). The van der Waals surface area contributed by atoms with E-state index in [1.54, 1.807) is 17.7 Å². The zero-order valence-corrected chi connectivity index (χ0v) is 13.2. The van der Waals surface area contributed by atoms with Crippen LogP contribution in [0.2, 0.25) is 0 Å². The first kappa shape index (κ1) is 15.3. The Morgan fingerprint density at radius 1 is 1.33 bits per heavy atom. The highest BCUT2D eigenvalue weighted by molar-refractivity contribution is 7.80. The van der Waals surface area contributed by atoms with Crippen molar-refractivity contribution < 1.29 is 4.74 Å². The summed E-state index contributed by atoms with van der Waals surface area (Å²) in [4.78, 5) is 12.5. The Morgan fingerprint density at radius 2 is 2.05 bits per heavy atom. The topological polar surface area (TPSA) is 57.2 Å². The molecule has 0 unspecified atom stereocenters. The summed E-state index contributed by atoms with van der Waals surface area (Å²) < 4.78 is 6.94. The number of aromatic nitrogens is 1. The van der Waals surface area contributed by atoms with Crippen LogP contribution in [0, 0.1) is 6.92 Å². The fourth-order valence-electron chi connectivity index (χ4n) is 2.37. The average molecular weight is 302 g/mol. The van der Waals surface area contributed by atoms with Gasteiger partial charge in [-0.05, 0) is 55.3 Å². The van der Waals surface area contributed by atoms with Gasteiger partial charge in [-0.15, -0.1) is 0 Å². The lowest BCUT2D eigenvalue weighted by molar-refractivity contribution is 0.412. The zero-order valence-electron chi connectivity index (χ0n) is 12.3. The Balaban J connectivity index is 2.64. The Kier molecular flexibility index (Phi) is 4.43. The average Bonchev–Trinajstić information content (AvgIpc) is 2.46. The fourth-order valence-corrected chi connectivity index (χ4v) is 2.52. The van der Waals surface area contributed by atoms with E-state index in [1.807, 2.05) is 38.1 Å². The molecule has 0 atom stereocenters. The monoisotopic (exact) mass is 302 g/mol. The van der Waals surface area contributed by atoms with Gasteiger partial charge in [0, 0.05) is 6.54 Å². The van der Waals surface area contributed by atoms with Crippen molar-refractivity contribution in [1.29, 1.82) is 0 Å². The minimum Gasteiger partial charge on any atom is -0.496 e. The number of hydrogen-bond acceptors (Lipinski definition) is 3. The van der Waals surface area contributed by atoms with Gasteiger partial charge < -0.3 is 15.0 Å². The summed E-state index contributed by atoms with van der Waals surface area (Å²) in [6, 6.07) is 9.40. The van der Waals surface area contributed by atoms with E-state index in [2.05, 4.69) is 0 Å². The minimum absolute atomic E-state index is 0.125. The summed E-state index contributed by atoms with van der Waals surface area (Å²) in [5.41, 5.74) is 8.63. The van der Waals surface area contributed by atoms with Crippen LogP contribution in [0.5, 0.6) is 5.75 Å². The Morgan fingerprint density at radius 3 is 2.57 bits per heavy atom. The van der Waals surface area contributed by atoms with Crippen LogP contribution in [0.4, 0.5) is 0 Å². The molecule has 0 bridgehead atoms. The molecule has 1 heterocycles. The molecule has 1 aromatic heterocycles. The number of aryl methyl sites for hydroxylation is 1. The summed E-state index contributed by atoms with van der Waals surface area (Å²) in [6.07, 6.45) is 0. The molecule has 2 rings (SSSR count). The highest BCUT2D eigenvalue weighted by atomic mass is 32.1. The SMILES string of the molecule is CCn1c(-c2ccc(OC)c(C)c2)ccc(C(N)=S)c1=O. The normalized spacial score (nSPS) is 10.4. The van der Waals surface area contributed by atoms with Crippen molar-refractivity contribution in [1.82, 2.24) is 4.57 Å². The second-order valence-corrected chi connectivity index (χ2v) is 5.17. The summed E-state index contributed by atoms with van der Waals surface area (Å²) in [7, 11) is 1.64. The molecule has 0 spiro atoms. The minimum atomic E-state index is -0.157. The Labute approximate surface area is 129 Å². The summed E-state index contributed by atoms with van der Waals surface area (Å²) in [5, 5.41) is 0. The third-order valence-electron chi connectivity index (χ3n) is 3.45. The van der Waals surface area contributed by atoms with Crippen molar-refractivity contribution in [2.45, 2.75) is 20.4 Å². The van der Waals surface area contributed by atoms with Gasteiger partial charge in [0.2, 0.25) is 0 Å². The summed E-state index contributed by atoms with van der Waals surface area (Å²) >= 11 is 4.92. The van der Waals surface area contributed by atoms with E-state index in [0.29, 0.717) is 12.1 Å². The first-order chi connectivity index (χ1) is 9.99. The number of rotatable bonds is 4. The number of benzene rings is 1. The smallest absolute Gasteiger partial charge is 0.261 e. The van der Waals surface area contributed by atoms with E-state index >= 15 is 0 Å². The van der Waals surface area contributed by atoms with Gasteiger partial charge in [0.15, 0.2) is 0 Å². The van der Waals surface area contributed by atoms with E-state index in [-0.39, 0.29) is 10.5 Å². The van der Waals surface area contributed by atoms with Gasteiger partial charge >= 0.3 is 0 Å². The maximum atomic E-state index is 12.4. The molecule has 0 aliphatic carbocycles. The molecule has 0 saturated carbocycles. The maximum Gasteiger partial charge on any atom is 0.261 e. The number of ether oxygens (including phenoxy) is 1. The van der Waals surface area contributed by atoms with Gasteiger partial charge in [-0.25, -0.2) is 0 Å². The van der Waals surface area contributed by atoms with Crippen LogP contribution in [-0.2, 0) is 6.54 Å². The highest BCUT2D eigenvalue weighted by Gasteiger charge is 2.12. The van der Waals surface area contributed by atoms with Gasteiger partial charge in [0.05, 0.1) is 18.4 Å². The van der Waals surface area contributed by atoms with E-state index in [1.165, 1.54) is 0 Å². The predicted molar refractivity (Wildman–Crippen MR) is 89.0 cm³/mol. The number of nitrogens with zero attached hydrogens (tertiary/aromatic N) is 1. The third kappa shape index (κ3) is 2.83. The van der Waals surface area contributed by atoms with Crippen molar-refractivity contribution in [3.8, 4) is 17.0 Å². The molecule has 0 amide bonds. The molecule has 0 fully saturated rings. The van der Waals surface area contributed by atoms with Crippen LogP contribution < -0.4 is 16.0 Å². The lowest BCUT2D eigenvalue weighted by atomic mass is 10.1. The van der Waals surface area contributed by atoms with Crippen LogP contribution in [0.15, 0.2) is 35.1 Å². The summed E-state index contributed by atoms with van der Waals surface area (Å²) in [6.45, 7) is 4.44. The lowest BCUT2D eigenvalue weighted by Crippen LogP contribution is -2.29. The fraction of sp³-hybridized carbons (Fsp3) is 0.250. The molecule has 21 heavy (non-hydrogen) atoms. The lowest BCUT2D eigenvalue weighted by Gasteiger charge is -2.14. The van der Waals surface area contributed by atoms with Crippen LogP contribution in [0.3, 0.4) is 0 Å². The van der Waals surface area contributed by atoms with Crippen LogP contribution >= 0.6 is 12.2 Å². The number of hydrogen-bond donors (Lipinski definition) is 1. The van der Waals surface area contributed by atoms with Crippen molar-refractivity contribution in [2.24, 2.45) is 5.73 Å². The molecular weight excluding hydrogens is 284 g/mol.